The van der Waals surface area contributed by atoms with Crippen molar-refractivity contribution in [3.63, 3.8) is 0 Å². The summed E-state index contributed by atoms with van der Waals surface area (Å²) in [6, 6.07) is 1.78. The monoisotopic (exact) mass is 344 g/mol. The first-order valence-electron chi connectivity index (χ1n) is 8.50. The zero-order chi connectivity index (χ0) is 17.2. The largest absolute Gasteiger partial charge is 0.394 e. The number of aliphatic hydroxyl groups excluding tert-OH is 1. The molecule has 1 aromatic heterocycles. The van der Waals surface area contributed by atoms with Gasteiger partial charge >= 0.3 is 6.18 Å². The van der Waals surface area contributed by atoms with Crippen LogP contribution < -0.4 is 9.80 Å². The van der Waals surface area contributed by atoms with E-state index in [1.807, 2.05) is 4.90 Å². The van der Waals surface area contributed by atoms with Crippen LogP contribution in [0.25, 0.3) is 0 Å². The number of alkyl halides is 3. The predicted octanol–water partition coefficient (Wildman–Crippen LogP) is 2.61. The number of hydrogen-bond acceptors (Lipinski definition) is 5. The molecule has 134 valence electrons. The van der Waals surface area contributed by atoms with Crippen molar-refractivity contribution in [2.75, 3.05) is 36.0 Å². The summed E-state index contributed by atoms with van der Waals surface area (Å²) >= 11 is 0. The van der Waals surface area contributed by atoms with E-state index in [0.29, 0.717) is 24.6 Å². The Morgan fingerprint density at radius 1 is 1.08 bits per heavy atom. The van der Waals surface area contributed by atoms with E-state index in [0.717, 1.165) is 25.8 Å². The van der Waals surface area contributed by atoms with Crippen LogP contribution in [0.1, 0.15) is 32.1 Å². The Kier molecular flexibility index (Phi) is 5.12. The number of aromatic nitrogens is 2. The van der Waals surface area contributed by atoms with Crippen LogP contribution in [0, 0.1) is 5.92 Å². The van der Waals surface area contributed by atoms with Gasteiger partial charge in [0.2, 0.25) is 0 Å². The van der Waals surface area contributed by atoms with Crippen LogP contribution >= 0.6 is 0 Å². The molecule has 2 aliphatic rings. The van der Waals surface area contributed by atoms with Crippen LogP contribution in [0.4, 0.5) is 24.8 Å². The first-order valence-corrected chi connectivity index (χ1v) is 8.50. The number of hydrogen-bond donors (Lipinski definition) is 1. The van der Waals surface area contributed by atoms with Crippen molar-refractivity contribution in [1.82, 2.24) is 9.97 Å². The average molecular weight is 344 g/mol. The zero-order valence-corrected chi connectivity index (χ0v) is 13.5. The molecule has 5 nitrogen and oxygen atoms in total. The van der Waals surface area contributed by atoms with Crippen molar-refractivity contribution in [2.45, 2.75) is 44.3 Å². The Bertz CT molecular complexity index is 554. The lowest BCUT2D eigenvalue weighted by atomic mass is 9.97. The smallest absolute Gasteiger partial charge is 0.393 e. The second-order valence-corrected chi connectivity index (χ2v) is 6.59. The van der Waals surface area contributed by atoms with Gasteiger partial charge in [0.1, 0.15) is 18.0 Å². The molecule has 2 unspecified atom stereocenters. The first-order chi connectivity index (χ1) is 11.5. The van der Waals surface area contributed by atoms with E-state index >= 15 is 0 Å². The lowest BCUT2D eigenvalue weighted by Gasteiger charge is -2.37. The maximum Gasteiger partial charge on any atom is 0.393 e. The average Bonchev–Trinajstić information content (AvgIpc) is 2.61. The molecule has 1 aromatic rings. The number of piperidine rings is 2. The van der Waals surface area contributed by atoms with E-state index in [4.69, 9.17) is 0 Å². The van der Waals surface area contributed by atoms with Gasteiger partial charge in [0, 0.05) is 25.7 Å². The highest BCUT2D eigenvalue weighted by atomic mass is 19.4. The minimum atomic E-state index is -4.16. The molecule has 3 heterocycles. The van der Waals surface area contributed by atoms with Crippen molar-refractivity contribution in [3.8, 4) is 0 Å². The van der Waals surface area contributed by atoms with Gasteiger partial charge in [-0.2, -0.15) is 13.2 Å². The van der Waals surface area contributed by atoms with Crippen LogP contribution in [0.5, 0.6) is 0 Å². The quantitative estimate of drug-likeness (QED) is 0.913. The Morgan fingerprint density at radius 3 is 2.62 bits per heavy atom. The SMILES string of the molecule is OCC1CCCCN1c1cc(N2CCCC(C(F)(F)F)C2)ncn1. The molecule has 0 saturated carbocycles. The van der Waals surface area contributed by atoms with Crippen LogP contribution in [0.2, 0.25) is 0 Å². The molecule has 3 rings (SSSR count). The standard InChI is InChI=1S/C16H23F3N4O/c17-16(18,19)12-4-3-6-22(9-12)14-8-15(21-11-20-14)23-7-2-1-5-13(23)10-24/h8,11-13,24H,1-7,9-10H2. The van der Waals surface area contributed by atoms with Crippen molar-refractivity contribution in [2.24, 2.45) is 5.92 Å². The Morgan fingerprint density at radius 2 is 1.88 bits per heavy atom. The Balaban J connectivity index is 1.77. The molecule has 0 aromatic carbocycles. The molecule has 1 N–H and O–H groups in total. The van der Waals surface area contributed by atoms with Crippen LogP contribution in [-0.4, -0.2) is 53.5 Å². The molecule has 2 fully saturated rings. The van der Waals surface area contributed by atoms with Gasteiger partial charge in [0.05, 0.1) is 18.6 Å². The fourth-order valence-corrected chi connectivity index (χ4v) is 3.61. The maximum atomic E-state index is 13.0. The van der Waals surface area contributed by atoms with Crippen molar-refractivity contribution in [3.05, 3.63) is 12.4 Å². The summed E-state index contributed by atoms with van der Waals surface area (Å²) in [6.45, 7) is 1.38. The van der Waals surface area contributed by atoms with Crippen LogP contribution in [0.3, 0.4) is 0 Å². The molecule has 2 saturated heterocycles. The second-order valence-electron chi connectivity index (χ2n) is 6.59. The third kappa shape index (κ3) is 3.74. The molecule has 0 aliphatic carbocycles. The summed E-state index contributed by atoms with van der Waals surface area (Å²) in [5.74, 6) is -0.0751. The van der Waals surface area contributed by atoms with Crippen LogP contribution in [0.15, 0.2) is 12.4 Å². The van der Waals surface area contributed by atoms with Crippen molar-refractivity contribution in [1.29, 1.82) is 0 Å². The molecular weight excluding hydrogens is 321 g/mol. The van der Waals surface area contributed by atoms with Gasteiger partial charge in [-0.05, 0) is 32.1 Å². The molecule has 0 bridgehead atoms. The fourth-order valence-electron chi connectivity index (χ4n) is 3.61. The van der Waals surface area contributed by atoms with Gasteiger partial charge < -0.3 is 14.9 Å². The first kappa shape index (κ1) is 17.3. The topological polar surface area (TPSA) is 52.5 Å². The highest BCUT2D eigenvalue weighted by Crippen LogP contribution is 2.35. The van der Waals surface area contributed by atoms with E-state index in [1.165, 1.54) is 6.33 Å². The van der Waals surface area contributed by atoms with Crippen molar-refractivity contribution >= 4 is 11.6 Å². The summed E-state index contributed by atoms with van der Waals surface area (Å²) < 4.78 is 39.0. The molecule has 24 heavy (non-hydrogen) atoms. The maximum absolute atomic E-state index is 13.0. The Hall–Kier alpha value is -1.57. The fraction of sp³-hybridized carbons (Fsp3) is 0.750. The van der Waals surface area contributed by atoms with Gasteiger partial charge in [0.15, 0.2) is 0 Å². The summed E-state index contributed by atoms with van der Waals surface area (Å²) in [5.41, 5.74) is 0. The molecule has 2 aliphatic heterocycles. The van der Waals surface area contributed by atoms with Crippen molar-refractivity contribution < 1.29 is 18.3 Å². The zero-order valence-electron chi connectivity index (χ0n) is 13.5. The third-order valence-electron chi connectivity index (χ3n) is 4.98. The van der Waals surface area contributed by atoms with E-state index in [1.54, 1.807) is 11.0 Å². The molecule has 8 heteroatoms. The summed E-state index contributed by atoms with van der Waals surface area (Å²) in [7, 11) is 0. The van der Waals surface area contributed by atoms with Gasteiger partial charge in [-0.25, -0.2) is 9.97 Å². The molecule has 0 amide bonds. The molecular formula is C16H23F3N4O. The number of nitrogens with zero attached hydrogens (tertiary/aromatic N) is 4. The minimum Gasteiger partial charge on any atom is -0.394 e. The van der Waals surface area contributed by atoms with E-state index in [2.05, 4.69) is 9.97 Å². The lowest BCUT2D eigenvalue weighted by Crippen LogP contribution is -2.43. The van der Waals surface area contributed by atoms with E-state index < -0.39 is 12.1 Å². The summed E-state index contributed by atoms with van der Waals surface area (Å²) in [6.07, 6.45) is 0.919. The highest BCUT2D eigenvalue weighted by Gasteiger charge is 2.42. The minimum absolute atomic E-state index is 0.0192. The Labute approximate surface area is 139 Å². The van der Waals surface area contributed by atoms with Gasteiger partial charge in [-0.1, -0.05) is 0 Å². The number of anilines is 2. The number of halogens is 3. The normalized spacial score (nSPS) is 25.8. The molecule has 2 atom stereocenters. The molecule has 0 spiro atoms. The van der Waals surface area contributed by atoms with E-state index in [9.17, 15) is 18.3 Å². The van der Waals surface area contributed by atoms with E-state index in [-0.39, 0.29) is 25.6 Å². The molecule has 0 radical (unpaired) electrons. The highest BCUT2D eigenvalue weighted by molar-refractivity contribution is 5.51. The third-order valence-corrected chi connectivity index (χ3v) is 4.98. The number of rotatable bonds is 3. The van der Waals surface area contributed by atoms with Crippen LogP contribution in [-0.2, 0) is 0 Å². The number of aliphatic hydroxyl groups is 1. The lowest BCUT2D eigenvalue weighted by molar-refractivity contribution is -0.176. The summed E-state index contributed by atoms with van der Waals surface area (Å²) in [5, 5.41) is 9.54. The second kappa shape index (κ2) is 7.13. The summed E-state index contributed by atoms with van der Waals surface area (Å²) in [4.78, 5) is 12.2. The van der Waals surface area contributed by atoms with Gasteiger partial charge in [0.25, 0.3) is 0 Å². The predicted molar refractivity (Wildman–Crippen MR) is 85.1 cm³/mol. The van der Waals surface area contributed by atoms with Gasteiger partial charge in [-0.15, -0.1) is 0 Å². The van der Waals surface area contributed by atoms with Gasteiger partial charge in [-0.3, -0.25) is 0 Å².